The molecule has 0 aliphatic heterocycles. The van der Waals surface area contributed by atoms with Crippen LogP contribution < -0.4 is 11.2 Å². The number of rotatable bonds is 1. The second-order valence-corrected chi connectivity index (χ2v) is 3.05. The Labute approximate surface area is 97.8 Å². The standard InChI is InChI=1S/C7H7N5O.BF4/c8-7(13)10-12-6-4-2-1-3-5(6)9-11-12;2-1(3,4)5/h1-4H,(H3,8,10,13);/q;-1/p+1. The number of hydrogen-bond donors (Lipinski definition) is 2. The van der Waals surface area contributed by atoms with Crippen molar-refractivity contribution < 1.29 is 27.5 Å². The number of amides is 2. The average Bonchev–Trinajstić information content (AvgIpc) is 2.59. The minimum Gasteiger partial charge on any atom is -0.418 e. The van der Waals surface area contributed by atoms with Gasteiger partial charge in [0.15, 0.2) is 0 Å². The Kier molecular flexibility index (Phi) is 4.20. The van der Waals surface area contributed by atoms with Crippen LogP contribution in [0.2, 0.25) is 0 Å². The van der Waals surface area contributed by atoms with Crippen molar-refractivity contribution in [2.45, 2.75) is 0 Å². The zero-order valence-corrected chi connectivity index (χ0v) is 8.80. The minimum atomic E-state index is -6.00. The van der Waals surface area contributed by atoms with Crippen LogP contribution in [-0.4, -0.2) is 28.4 Å². The van der Waals surface area contributed by atoms with Crippen LogP contribution in [0.1, 0.15) is 0 Å². The van der Waals surface area contributed by atoms with E-state index < -0.39 is 13.3 Å². The Morgan fingerprint density at radius 2 is 1.83 bits per heavy atom. The molecule has 0 aliphatic rings. The van der Waals surface area contributed by atoms with Crippen LogP contribution >= 0.6 is 0 Å². The van der Waals surface area contributed by atoms with E-state index in [9.17, 15) is 22.1 Å². The molecule has 0 saturated carbocycles. The lowest BCUT2D eigenvalue weighted by atomic mass is 10.3. The summed E-state index contributed by atoms with van der Waals surface area (Å²) < 4.78 is 39.0. The third-order valence-electron chi connectivity index (χ3n) is 1.63. The lowest BCUT2D eigenvalue weighted by molar-refractivity contribution is -0.621. The first-order chi connectivity index (χ1) is 8.27. The van der Waals surface area contributed by atoms with Crippen LogP contribution in [0.3, 0.4) is 0 Å². The van der Waals surface area contributed by atoms with Crippen molar-refractivity contribution in [3.8, 4) is 0 Å². The maximum Gasteiger partial charge on any atom is 0.673 e. The number of benzene rings is 1. The SMILES string of the molecule is F[B-](F)(F)F.NC(=O)[NH2+]n1nnc2ccccc21. The highest BCUT2D eigenvalue weighted by Gasteiger charge is 2.20. The van der Waals surface area contributed by atoms with Gasteiger partial charge in [-0.05, 0) is 17.3 Å². The molecule has 0 aliphatic carbocycles. The van der Waals surface area contributed by atoms with E-state index in [1.807, 2.05) is 24.3 Å². The first-order valence-electron chi connectivity index (χ1n) is 4.59. The Hall–Kier alpha value is -2.17. The number of carbonyl (C=O) groups excluding carboxylic acids is 1. The highest BCUT2D eigenvalue weighted by molar-refractivity contribution is 6.50. The van der Waals surface area contributed by atoms with E-state index >= 15 is 0 Å². The molecule has 0 fully saturated rings. The average molecular weight is 265 g/mol. The van der Waals surface area contributed by atoms with Gasteiger partial charge in [0, 0.05) is 0 Å². The monoisotopic (exact) mass is 265 g/mol. The molecule has 0 spiro atoms. The van der Waals surface area contributed by atoms with Crippen LogP contribution in [0, 0.1) is 0 Å². The van der Waals surface area contributed by atoms with Crippen molar-refractivity contribution in [3.63, 3.8) is 0 Å². The van der Waals surface area contributed by atoms with Crippen LogP contribution in [-0.2, 0) is 0 Å². The number of para-hydroxylation sites is 1. The number of nitrogens with two attached hydrogens (primary N) is 2. The summed E-state index contributed by atoms with van der Waals surface area (Å²) in [7, 11) is -6.00. The van der Waals surface area contributed by atoms with Gasteiger partial charge in [-0.1, -0.05) is 16.9 Å². The molecule has 1 aromatic heterocycles. The smallest absolute Gasteiger partial charge is 0.418 e. The number of primary amides is 2. The topological polar surface area (TPSA) is 90.4 Å². The first kappa shape index (κ1) is 13.9. The molecule has 0 unspecified atom stereocenters. The first-order valence-corrected chi connectivity index (χ1v) is 4.59. The number of quaternary nitrogens is 1. The summed E-state index contributed by atoms with van der Waals surface area (Å²) in [6.07, 6.45) is 0. The van der Waals surface area contributed by atoms with Gasteiger partial charge in [0.2, 0.25) is 0 Å². The van der Waals surface area contributed by atoms with Gasteiger partial charge in [-0.25, -0.2) is 4.79 Å². The highest BCUT2D eigenvalue weighted by atomic mass is 19.5. The molecule has 98 valence electrons. The Balaban J connectivity index is 0.000000280. The van der Waals surface area contributed by atoms with Gasteiger partial charge < -0.3 is 23.0 Å². The van der Waals surface area contributed by atoms with Crippen molar-refractivity contribution in [2.75, 3.05) is 0 Å². The maximum absolute atomic E-state index is 10.6. The molecular formula is C7H8BF4N5O. The molecule has 0 atom stereocenters. The molecule has 2 aromatic rings. The molecule has 0 radical (unpaired) electrons. The Morgan fingerprint density at radius 1 is 1.28 bits per heavy atom. The second kappa shape index (κ2) is 5.45. The van der Waals surface area contributed by atoms with Gasteiger partial charge in [-0.15, -0.1) is 10.5 Å². The number of hydrogen-bond acceptors (Lipinski definition) is 3. The summed E-state index contributed by atoms with van der Waals surface area (Å²) in [5.74, 6) is 0. The molecule has 6 nitrogen and oxygen atoms in total. The number of halogens is 4. The maximum atomic E-state index is 10.6. The predicted molar refractivity (Wildman–Crippen MR) is 54.6 cm³/mol. The normalized spacial score (nSPS) is 10.9. The molecule has 2 amide bonds. The third kappa shape index (κ3) is 4.78. The summed E-state index contributed by atoms with van der Waals surface area (Å²) in [4.78, 5) is 11.9. The van der Waals surface area contributed by atoms with Crippen molar-refractivity contribution in [3.05, 3.63) is 24.3 Å². The largest absolute Gasteiger partial charge is 0.673 e. The van der Waals surface area contributed by atoms with Crippen LogP contribution in [0.15, 0.2) is 24.3 Å². The van der Waals surface area contributed by atoms with Gasteiger partial charge >= 0.3 is 13.3 Å². The second-order valence-electron chi connectivity index (χ2n) is 3.05. The van der Waals surface area contributed by atoms with Gasteiger partial charge in [0.1, 0.15) is 11.0 Å². The van der Waals surface area contributed by atoms with Crippen LogP contribution in [0.4, 0.5) is 22.1 Å². The quantitative estimate of drug-likeness (QED) is 0.436. The van der Waals surface area contributed by atoms with E-state index in [-0.39, 0.29) is 0 Å². The minimum absolute atomic E-state index is 0.546. The fourth-order valence-electron chi connectivity index (χ4n) is 1.10. The van der Waals surface area contributed by atoms with Crippen molar-refractivity contribution in [1.29, 1.82) is 0 Å². The van der Waals surface area contributed by atoms with E-state index in [2.05, 4.69) is 10.3 Å². The van der Waals surface area contributed by atoms with Crippen LogP contribution in [0.25, 0.3) is 11.0 Å². The molecule has 1 aromatic carbocycles. The van der Waals surface area contributed by atoms with Crippen molar-refractivity contribution in [1.82, 2.24) is 15.1 Å². The Morgan fingerprint density at radius 3 is 2.39 bits per heavy atom. The van der Waals surface area contributed by atoms with Gasteiger partial charge in [-0.3, -0.25) is 0 Å². The summed E-state index contributed by atoms with van der Waals surface area (Å²) >= 11 is 0. The molecule has 1 heterocycles. The molecule has 2 rings (SSSR count). The van der Waals surface area contributed by atoms with E-state index in [0.717, 1.165) is 11.0 Å². The Bertz CT molecular complexity index is 536. The third-order valence-corrected chi connectivity index (χ3v) is 1.63. The number of urea groups is 1. The number of fused-ring (bicyclic) bond motifs is 1. The fraction of sp³-hybridized carbons (Fsp3) is 0. The fourth-order valence-corrected chi connectivity index (χ4v) is 1.10. The number of nitrogens with zero attached hydrogens (tertiary/aromatic N) is 3. The highest BCUT2D eigenvalue weighted by Crippen LogP contribution is 2.06. The molecule has 4 N–H and O–H groups in total. The molecule has 0 bridgehead atoms. The van der Waals surface area contributed by atoms with E-state index in [4.69, 9.17) is 5.73 Å². The number of aromatic nitrogens is 3. The van der Waals surface area contributed by atoms with Gasteiger partial charge in [0.25, 0.3) is 0 Å². The van der Waals surface area contributed by atoms with Gasteiger partial charge in [-0.2, -0.15) is 0 Å². The lowest BCUT2D eigenvalue weighted by Crippen LogP contribution is -2.93. The van der Waals surface area contributed by atoms with E-state index in [0.29, 0.717) is 0 Å². The molecular weight excluding hydrogens is 257 g/mol. The van der Waals surface area contributed by atoms with Crippen molar-refractivity contribution in [2.24, 2.45) is 5.73 Å². The van der Waals surface area contributed by atoms with Gasteiger partial charge in [0.05, 0.1) is 0 Å². The number of carbonyl (C=O) groups is 1. The lowest BCUT2D eigenvalue weighted by Gasteiger charge is -1.94. The zero-order valence-electron chi connectivity index (χ0n) is 8.80. The van der Waals surface area contributed by atoms with E-state index in [1.54, 1.807) is 0 Å². The summed E-state index contributed by atoms with van der Waals surface area (Å²) in [6.45, 7) is 0. The van der Waals surface area contributed by atoms with Crippen LogP contribution in [0.5, 0.6) is 0 Å². The summed E-state index contributed by atoms with van der Waals surface area (Å²) in [5, 5.41) is 7.59. The summed E-state index contributed by atoms with van der Waals surface area (Å²) in [6, 6.07) is 6.78. The molecule has 0 saturated heterocycles. The summed E-state index contributed by atoms with van der Waals surface area (Å²) in [5.41, 5.74) is 7.68. The van der Waals surface area contributed by atoms with E-state index in [1.165, 1.54) is 10.2 Å². The zero-order chi connectivity index (χ0) is 13.8. The molecule has 11 heteroatoms. The predicted octanol–water partition coefficient (Wildman–Crippen LogP) is 0.136. The van der Waals surface area contributed by atoms with Crippen molar-refractivity contribution >= 4 is 24.3 Å². The molecule has 18 heavy (non-hydrogen) atoms.